The van der Waals surface area contributed by atoms with Gasteiger partial charge < -0.3 is 10.5 Å². The second-order valence-corrected chi connectivity index (χ2v) is 5.17. The van der Waals surface area contributed by atoms with Crippen LogP contribution in [-0.4, -0.2) is 7.11 Å². The van der Waals surface area contributed by atoms with Gasteiger partial charge in [-0.2, -0.15) is 0 Å². The molecule has 4 heteroatoms. The van der Waals surface area contributed by atoms with Crippen LogP contribution in [-0.2, 0) is 6.42 Å². The number of hydrogen-bond acceptors (Lipinski definition) is 2. The molecule has 1 atom stereocenters. The summed E-state index contributed by atoms with van der Waals surface area (Å²) in [7, 11) is 1.63. The van der Waals surface area contributed by atoms with E-state index in [0.717, 1.165) is 21.3 Å². The highest BCUT2D eigenvalue weighted by Crippen LogP contribution is 2.24. The number of nitrogens with two attached hydrogens (primary N) is 1. The van der Waals surface area contributed by atoms with Gasteiger partial charge in [0.05, 0.1) is 7.11 Å². The van der Waals surface area contributed by atoms with Crippen LogP contribution in [0.25, 0.3) is 0 Å². The minimum atomic E-state index is -0.256. The van der Waals surface area contributed by atoms with Gasteiger partial charge in [-0.3, -0.25) is 0 Å². The van der Waals surface area contributed by atoms with E-state index >= 15 is 0 Å². The molecule has 0 bridgehead atoms. The zero-order valence-electron chi connectivity index (χ0n) is 10.6. The third kappa shape index (κ3) is 3.55. The molecule has 2 aromatic carbocycles. The number of ether oxygens (including phenoxy) is 1. The highest BCUT2D eigenvalue weighted by atomic mass is 79.9. The highest BCUT2D eigenvalue weighted by Gasteiger charge is 2.10. The predicted octanol–water partition coefficient (Wildman–Crippen LogP) is 3.84. The van der Waals surface area contributed by atoms with Gasteiger partial charge in [0.25, 0.3) is 0 Å². The maximum atomic E-state index is 13.0. The first-order valence-electron chi connectivity index (χ1n) is 5.93. The van der Waals surface area contributed by atoms with E-state index in [1.54, 1.807) is 13.2 Å². The molecule has 0 aliphatic carbocycles. The summed E-state index contributed by atoms with van der Waals surface area (Å²) in [5.41, 5.74) is 8.19. The fraction of sp³-hybridized carbons (Fsp3) is 0.200. The molecule has 0 aromatic heterocycles. The van der Waals surface area contributed by atoms with Crippen LogP contribution in [0.5, 0.6) is 5.75 Å². The van der Waals surface area contributed by atoms with Crippen molar-refractivity contribution in [2.24, 2.45) is 5.73 Å². The molecule has 0 aliphatic rings. The van der Waals surface area contributed by atoms with Crippen molar-refractivity contribution in [3.8, 4) is 5.75 Å². The number of benzene rings is 2. The van der Waals surface area contributed by atoms with Gasteiger partial charge in [0.2, 0.25) is 0 Å². The minimum Gasteiger partial charge on any atom is -0.497 e. The number of rotatable bonds is 4. The molecular formula is C15H15BrFNO. The second kappa shape index (κ2) is 6.17. The minimum absolute atomic E-state index is 0.132. The largest absolute Gasteiger partial charge is 0.497 e. The molecule has 0 spiro atoms. The fourth-order valence-corrected chi connectivity index (χ4v) is 2.41. The number of methoxy groups -OCH3 is 1. The summed E-state index contributed by atoms with van der Waals surface area (Å²) in [4.78, 5) is 0. The Morgan fingerprint density at radius 3 is 2.47 bits per heavy atom. The van der Waals surface area contributed by atoms with Crippen molar-refractivity contribution in [1.29, 1.82) is 0 Å². The summed E-state index contributed by atoms with van der Waals surface area (Å²) >= 11 is 3.36. The topological polar surface area (TPSA) is 35.2 Å². The molecule has 2 aromatic rings. The average molecular weight is 324 g/mol. The standard InChI is InChI=1S/C15H15BrFNO/c1-19-13-6-3-10(4-7-13)15(18)8-11-2-5-12(17)9-14(11)16/h2-7,9,15H,8,18H2,1H3. The predicted molar refractivity (Wildman–Crippen MR) is 77.7 cm³/mol. The maximum absolute atomic E-state index is 13.0. The highest BCUT2D eigenvalue weighted by molar-refractivity contribution is 9.10. The Labute approximate surface area is 120 Å². The van der Waals surface area contributed by atoms with Crippen LogP contribution < -0.4 is 10.5 Å². The van der Waals surface area contributed by atoms with Crippen molar-refractivity contribution in [3.05, 3.63) is 63.9 Å². The van der Waals surface area contributed by atoms with E-state index in [0.29, 0.717) is 6.42 Å². The van der Waals surface area contributed by atoms with Crippen LogP contribution >= 0.6 is 15.9 Å². The quantitative estimate of drug-likeness (QED) is 0.927. The molecule has 0 radical (unpaired) electrons. The molecule has 0 saturated heterocycles. The SMILES string of the molecule is COc1ccc(C(N)Cc2ccc(F)cc2Br)cc1. The van der Waals surface area contributed by atoms with Gasteiger partial charge in [-0.05, 0) is 41.8 Å². The molecule has 19 heavy (non-hydrogen) atoms. The first kappa shape index (κ1) is 14.0. The Morgan fingerprint density at radius 1 is 1.21 bits per heavy atom. The molecule has 2 N–H and O–H groups in total. The Hall–Kier alpha value is -1.39. The first-order valence-corrected chi connectivity index (χ1v) is 6.73. The molecule has 0 heterocycles. The number of halogens is 2. The van der Waals surface area contributed by atoms with E-state index in [1.807, 2.05) is 24.3 Å². The zero-order valence-corrected chi connectivity index (χ0v) is 12.2. The second-order valence-electron chi connectivity index (χ2n) is 4.32. The Morgan fingerprint density at radius 2 is 1.89 bits per heavy atom. The van der Waals surface area contributed by atoms with Crippen molar-refractivity contribution < 1.29 is 9.13 Å². The van der Waals surface area contributed by atoms with Gasteiger partial charge in [-0.25, -0.2) is 4.39 Å². The number of hydrogen-bond donors (Lipinski definition) is 1. The van der Waals surface area contributed by atoms with E-state index < -0.39 is 0 Å². The van der Waals surface area contributed by atoms with Gasteiger partial charge >= 0.3 is 0 Å². The lowest BCUT2D eigenvalue weighted by Crippen LogP contribution is -2.13. The Balaban J connectivity index is 2.13. The normalized spacial score (nSPS) is 12.2. The van der Waals surface area contributed by atoms with Crippen LogP contribution in [0.1, 0.15) is 17.2 Å². The lowest BCUT2D eigenvalue weighted by molar-refractivity contribution is 0.414. The molecule has 2 rings (SSSR count). The summed E-state index contributed by atoms with van der Waals surface area (Å²) in [6.45, 7) is 0. The lowest BCUT2D eigenvalue weighted by atomic mass is 9.99. The first-order chi connectivity index (χ1) is 9.10. The third-order valence-electron chi connectivity index (χ3n) is 3.00. The monoisotopic (exact) mass is 323 g/mol. The lowest BCUT2D eigenvalue weighted by Gasteiger charge is -2.14. The Bertz CT molecular complexity index is 557. The van der Waals surface area contributed by atoms with Crippen LogP contribution in [0.4, 0.5) is 4.39 Å². The van der Waals surface area contributed by atoms with Gasteiger partial charge in [0.1, 0.15) is 11.6 Å². The summed E-state index contributed by atoms with van der Waals surface area (Å²) in [6, 6.07) is 12.2. The molecule has 0 saturated carbocycles. The van der Waals surface area contributed by atoms with Crippen LogP contribution in [0.3, 0.4) is 0 Å². The molecule has 0 aliphatic heterocycles. The van der Waals surface area contributed by atoms with Gasteiger partial charge in [0, 0.05) is 10.5 Å². The van der Waals surface area contributed by atoms with E-state index in [4.69, 9.17) is 10.5 Å². The maximum Gasteiger partial charge on any atom is 0.124 e. The molecular weight excluding hydrogens is 309 g/mol. The van der Waals surface area contributed by atoms with E-state index in [1.165, 1.54) is 12.1 Å². The van der Waals surface area contributed by atoms with Crippen molar-refractivity contribution in [1.82, 2.24) is 0 Å². The van der Waals surface area contributed by atoms with E-state index in [2.05, 4.69) is 15.9 Å². The molecule has 100 valence electrons. The van der Waals surface area contributed by atoms with E-state index in [9.17, 15) is 4.39 Å². The Kier molecular flexibility index (Phi) is 4.56. The average Bonchev–Trinajstić information content (AvgIpc) is 2.42. The van der Waals surface area contributed by atoms with Gasteiger partial charge in [-0.1, -0.05) is 34.1 Å². The van der Waals surface area contributed by atoms with Crippen LogP contribution in [0.2, 0.25) is 0 Å². The fourth-order valence-electron chi connectivity index (χ4n) is 1.89. The molecule has 0 fully saturated rings. The summed E-state index contributed by atoms with van der Waals surface area (Å²) in [5.74, 6) is 0.549. The third-order valence-corrected chi connectivity index (χ3v) is 3.74. The summed E-state index contributed by atoms with van der Waals surface area (Å²) in [6.07, 6.45) is 0.646. The van der Waals surface area contributed by atoms with E-state index in [-0.39, 0.29) is 11.9 Å². The van der Waals surface area contributed by atoms with Gasteiger partial charge in [-0.15, -0.1) is 0 Å². The van der Waals surface area contributed by atoms with Crippen molar-refractivity contribution >= 4 is 15.9 Å². The molecule has 0 amide bonds. The smallest absolute Gasteiger partial charge is 0.124 e. The molecule has 2 nitrogen and oxygen atoms in total. The van der Waals surface area contributed by atoms with Gasteiger partial charge in [0.15, 0.2) is 0 Å². The summed E-state index contributed by atoms with van der Waals surface area (Å²) < 4.78 is 18.9. The zero-order chi connectivity index (χ0) is 13.8. The van der Waals surface area contributed by atoms with Crippen molar-refractivity contribution in [2.45, 2.75) is 12.5 Å². The van der Waals surface area contributed by atoms with Crippen LogP contribution in [0.15, 0.2) is 46.9 Å². The molecule has 1 unspecified atom stereocenters. The van der Waals surface area contributed by atoms with Crippen molar-refractivity contribution in [3.63, 3.8) is 0 Å². The summed E-state index contributed by atoms with van der Waals surface area (Å²) in [5, 5.41) is 0. The van der Waals surface area contributed by atoms with Crippen molar-refractivity contribution in [2.75, 3.05) is 7.11 Å². The van der Waals surface area contributed by atoms with Crippen LogP contribution in [0, 0.1) is 5.82 Å².